The number of nitro groups is 1. The second-order valence-corrected chi connectivity index (χ2v) is 3.37. The van der Waals surface area contributed by atoms with Crippen molar-refractivity contribution in [3.63, 3.8) is 0 Å². The molecular formula is C10H8N2O3. The lowest BCUT2D eigenvalue weighted by Crippen LogP contribution is -1.98. The number of hydrogen-bond acceptors (Lipinski definition) is 4. The van der Waals surface area contributed by atoms with Crippen LogP contribution in [0.4, 0.5) is 5.69 Å². The van der Waals surface area contributed by atoms with E-state index in [1.54, 1.807) is 12.1 Å². The fourth-order valence-corrected chi connectivity index (χ4v) is 1.21. The number of ether oxygens (including phenoxy) is 1. The Labute approximate surface area is 86.0 Å². The molecule has 0 spiro atoms. The smallest absolute Gasteiger partial charge is 0.290 e. The van der Waals surface area contributed by atoms with E-state index in [-0.39, 0.29) is 17.4 Å². The first-order valence-corrected chi connectivity index (χ1v) is 4.56. The maximum absolute atomic E-state index is 10.6. The number of nitrogens with zero attached hydrogens (tertiary/aromatic N) is 2. The Hall–Kier alpha value is -2.09. The maximum Gasteiger partial charge on any atom is 0.290 e. The molecule has 1 aliphatic rings. The Balaban J connectivity index is 2.31. The molecule has 0 aromatic heterocycles. The highest BCUT2D eigenvalue weighted by Gasteiger charge is 2.24. The molecule has 1 saturated carbocycles. The van der Waals surface area contributed by atoms with Gasteiger partial charge in [-0.1, -0.05) is 0 Å². The average Bonchev–Trinajstić information content (AvgIpc) is 3.01. The van der Waals surface area contributed by atoms with Crippen molar-refractivity contribution < 1.29 is 9.66 Å². The summed E-state index contributed by atoms with van der Waals surface area (Å²) in [5, 5.41) is 19.3. The predicted molar refractivity (Wildman–Crippen MR) is 51.5 cm³/mol. The molecule has 1 aliphatic carbocycles. The summed E-state index contributed by atoms with van der Waals surface area (Å²) in [5.74, 6) is 0.461. The monoisotopic (exact) mass is 204 g/mol. The van der Waals surface area contributed by atoms with Crippen molar-refractivity contribution in [2.24, 2.45) is 0 Å². The summed E-state index contributed by atoms with van der Waals surface area (Å²) in [7, 11) is 0. The largest absolute Gasteiger partial charge is 0.490 e. The minimum atomic E-state index is -0.571. The molecule has 0 unspecified atom stereocenters. The molecule has 0 N–H and O–H groups in total. The Kier molecular flexibility index (Phi) is 2.26. The third-order valence-corrected chi connectivity index (χ3v) is 2.11. The molecule has 5 nitrogen and oxygen atoms in total. The van der Waals surface area contributed by atoms with Crippen LogP contribution in [0, 0.1) is 21.4 Å². The second kappa shape index (κ2) is 3.58. The summed E-state index contributed by atoms with van der Waals surface area (Å²) in [4.78, 5) is 10.1. The van der Waals surface area contributed by atoms with E-state index in [1.807, 2.05) is 0 Å². The third kappa shape index (κ3) is 2.05. The van der Waals surface area contributed by atoms with Crippen molar-refractivity contribution in [1.82, 2.24) is 0 Å². The van der Waals surface area contributed by atoms with Crippen molar-refractivity contribution in [2.45, 2.75) is 18.9 Å². The van der Waals surface area contributed by atoms with Gasteiger partial charge in [0.05, 0.1) is 17.1 Å². The Morgan fingerprint density at radius 3 is 2.80 bits per heavy atom. The van der Waals surface area contributed by atoms with Gasteiger partial charge in [-0.15, -0.1) is 0 Å². The molecular weight excluding hydrogens is 196 g/mol. The Morgan fingerprint density at radius 1 is 1.53 bits per heavy atom. The SMILES string of the molecule is N#Cc1ccc(OC2CC2)cc1[N+](=O)[O-]. The van der Waals surface area contributed by atoms with Gasteiger partial charge in [0.2, 0.25) is 0 Å². The van der Waals surface area contributed by atoms with Gasteiger partial charge >= 0.3 is 0 Å². The molecule has 0 aliphatic heterocycles. The van der Waals surface area contributed by atoms with Crippen LogP contribution in [0.3, 0.4) is 0 Å². The number of nitriles is 1. The van der Waals surface area contributed by atoms with Crippen LogP contribution in [0.5, 0.6) is 5.75 Å². The molecule has 2 rings (SSSR count). The lowest BCUT2D eigenvalue weighted by atomic mass is 10.2. The van der Waals surface area contributed by atoms with Crippen LogP contribution in [0.1, 0.15) is 18.4 Å². The van der Waals surface area contributed by atoms with Crippen LogP contribution in [0.15, 0.2) is 18.2 Å². The topological polar surface area (TPSA) is 76.2 Å². The highest BCUT2D eigenvalue weighted by Crippen LogP contribution is 2.30. The second-order valence-electron chi connectivity index (χ2n) is 3.37. The lowest BCUT2D eigenvalue weighted by Gasteiger charge is -2.03. The molecule has 0 heterocycles. The van der Waals surface area contributed by atoms with Gasteiger partial charge in [-0.25, -0.2) is 0 Å². The van der Waals surface area contributed by atoms with E-state index in [0.717, 1.165) is 12.8 Å². The van der Waals surface area contributed by atoms with Gasteiger partial charge in [-0.2, -0.15) is 5.26 Å². The fraction of sp³-hybridized carbons (Fsp3) is 0.300. The van der Waals surface area contributed by atoms with E-state index in [1.165, 1.54) is 12.1 Å². The molecule has 76 valence electrons. The molecule has 0 radical (unpaired) electrons. The molecule has 1 aromatic rings. The van der Waals surface area contributed by atoms with Crippen LogP contribution in [0.25, 0.3) is 0 Å². The van der Waals surface area contributed by atoms with Crippen LogP contribution in [-0.4, -0.2) is 11.0 Å². The van der Waals surface area contributed by atoms with Gasteiger partial charge in [0.25, 0.3) is 5.69 Å². The maximum atomic E-state index is 10.6. The van der Waals surface area contributed by atoms with Crippen LogP contribution in [0.2, 0.25) is 0 Å². The predicted octanol–water partition coefficient (Wildman–Crippen LogP) is 2.01. The van der Waals surface area contributed by atoms with E-state index >= 15 is 0 Å². The first kappa shape index (κ1) is 9.46. The summed E-state index contributed by atoms with van der Waals surface area (Å²) in [6.45, 7) is 0. The minimum absolute atomic E-state index is 0.0585. The van der Waals surface area contributed by atoms with Crippen molar-refractivity contribution in [1.29, 1.82) is 5.26 Å². The first-order chi connectivity index (χ1) is 7.20. The molecule has 0 bridgehead atoms. The number of hydrogen-bond donors (Lipinski definition) is 0. The van der Waals surface area contributed by atoms with Gasteiger partial charge in [-0.3, -0.25) is 10.1 Å². The van der Waals surface area contributed by atoms with E-state index in [0.29, 0.717) is 5.75 Å². The summed E-state index contributed by atoms with van der Waals surface area (Å²) in [5.41, 5.74) is -0.140. The highest BCUT2D eigenvalue weighted by molar-refractivity contribution is 5.52. The lowest BCUT2D eigenvalue weighted by molar-refractivity contribution is -0.385. The van der Waals surface area contributed by atoms with Gasteiger partial charge in [0.1, 0.15) is 17.4 Å². The summed E-state index contributed by atoms with van der Waals surface area (Å²) in [6.07, 6.45) is 2.18. The van der Waals surface area contributed by atoms with Crippen LogP contribution >= 0.6 is 0 Å². The van der Waals surface area contributed by atoms with Gasteiger partial charge in [-0.05, 0) is 25.0 Å². The van der Waals surface area contributed by atoms with Crippen molar-refractivity contribution in [2.75, 3.05) is 0 Å². The number of nitro benzene ring substituents is 1. The van der Waals surface area contributed by atoms with Crippen molar-refractivity contribution >= 4 is 5.69 Å². The van der Waals surface area contributed by atoms with E-state index in [4.69, 9.17) is 10.00 Å². The summed E-state index contributed by atoms with van der Waals surface area (Å²) < 4.78 is 5.40. The zero-order chi connectivity index (χ0) is 10.8. The number of rotatable bonds is 3. The quantitative estimate of drug-likeness (QED) is 0.557. The van der Waals surface area contributed by atoms with Crippen LogP contribution < -0.4 is 4.74 Å². The fourth-order valence-electron chi connectivity index (χ4n) is 1.21. The standard InChI is InChI=1S/C10H8N2O3/c11-6-7-1-2-9(15-8-3-4-8)5-10(7)12(13)14/h1-2,5,8H,3-4H2. The molecule has 5 heteroatoms. The van der Waals surface area contributed by atoms with Crippen LogP contribution in [-0.2, 0) is 0 Å². The van der Waals surface area contributed by atoms with E-state index < -0.39 is 4.92 Å². The van der Waals surface area contributed by atoms with Gasteiger partial charge in [0.15, 0.2) is 0 Å². The molecule has 0 saturated heterocycles. The normalized spacial score (nSPS) is 14.3. The first-order valence-electron chi connectivity index (χ1n) is 4.56. The van der Waals surface area contributed by atoms with E-state index in [9.17, 15) is 10.1 Å². The molecule has 1 aromatic carbocycles. The molecule has 0 amide bonds. The highest BCUT2D eigenvalue weighted by atomic mass is 16.6. The number of benzene rings is 1. The minimum Gasteiger partial charge on any atom is -0.490 e. The molecule has 1 fully saturated rings. The van der Waals surface area contributed by atoms with Gasteiger partial charge < -0.3 is 4.74 Å². The third-order valence-electron chi connectivity index (χ3n) is 2.11. The van der Waals surface area contributed by atoms with Crippen molar-refractivity contribution in [3.05, 3.63) is 33.9 Å². The van der Waals surface area contributed by atoms with Gasteiger partial charge in [0, 0.05) is 0 Å². The van der Waals surface area contributed by atoms with Crippen molar-refractivity contribution in [3.8, 4) is 11.8 Å². The zero-order valence-electron chi connectivity index (χ0n) is 7.84. The summed E-state index contributed by atoms with van der Waals surface area (Å²) in [6, 6.07) is 6.08. The molecule has 15 heavy (non-hydrogen) atoms. The average molecular weight is 204 g/mol. The Bertz CT molecular complexity index is 446. The zero-order valence-corrected chi connectivity index (χ0v) is 7.84. The molecule has 0 atom stereocenters. The van der Waals surface area contributed by atoms with E-state index in [2.05, 4.69) is 0 Å². The Morgan fingerprint density at radius 2 is 2.27 bits per heavy atom. The summed E-state index contributed by atoms with van der Waals surface area (Å²) >= 11 is 0.